The molecule has 0 unspecified atom stereocenters. The fourth-order valence-electron chi connectivity index (χ4n) is 2.13. The third-order valence-electron chi connectivity index (χ3n) is 2.96. The highest BCUT2D eigenvalue weighted by Gasteiger charge is 2.03. The number of hydrogen-bond donors (Lipinski definition) is 1. The first kappa shape index (κ1) is 10.7. The summed E-state index contributed by atoms with van der Waals surface area (Å²) in [6.45, 7) is 0. The lowest BCUT2D eigenvalue weighted by Crippen LogP contribution is -1.95. The number of pyridine rings is 2. The molecule has 2 N–H and O–H groups in total. The van der Waals surface area contributed by atoms with Gasteiger partial charge in [-0.15, -0.1) is 0 Å². The van der Waals surface area contributed by atoms with E-state index in [0.717, 1.165) is 22.9 Å². The minimum absolute atomic E-state index is 0.556. The summed E-state index contributed by atoms with van der Waals surface area (Å²) >= 11 is 0. The van der Waals surface area contributed by atoms with E-state index < -0.39 is 0 Å². The van der Waals surface area contributed by atoms with Crippen LogP contribution in [-0.2, 0) is 6.42 Å². The number of nitrogens with two attached hydrogens (primary N) is 1. The molecule has 0 spiro atoms. The van der Waals surface area contributed by atoms with Gasteiger partial charge >= 0.3 is 0 Å². The van der Waals surface area contributed by atoms with Crippen LogP contribution in [0, 0.1) is 0 Å². The van der Waals surface area contributed by atoms with Gasteiger partial charge in [-0.2, -0.15) is 0 Å². The highest BCUT2D eigenvalue weighted by Crippen LogP contribution is 2.19. The molecule has 1 aromatic carbocycles. The van der Waals surface area contributed by atoms with Crippen LogP contribution in [0.2, 0.25) is 0 Å². The van der Waals surface area contributed by atoms with Gasteiger partial charge in [0.05, 0.1) is 5.52 Å². The first-order valence-electron chi connectivity index (χ1n) is 5.86. The van der Waals surface area contributed by atoms with Crippen LogP contribution in [0.15, 0.2) is 54.9 Å². The number of nitrogen functional groups attached to an aromatic ring is 1. The highest BCUT2D eigenvalue weighted by atomic mass is 14.8. The van der Waals surface area contributed by atoms with Gasteiger partial charge in [0, 0.05) is 17.8 Å². The fraction of sp³-hybridized carbons (Fsp3) is 0.0667. The number of anilines is 1. The van der Waals surface area contributed by atoms with Crippen LogP contribution >= 0.6 is 0 Å². The highest BCUT2D eigenvalue weighted by molar-refractivity contribution is 5.81. The van der Waals surface area contributed by atoms with E-state index in [0.29, 0.717) is 5.82 Å². The molecule has 3 rings (SSSR count). The molecule has 0 amide bonds. The second-order valence-electron chi connectivity index (χ2n) is 4.26. The zero-order valence-electron chi connectivity index (χ0n) is 9.88. The summed E-state index contributed by atoms with van der Waals surface area (Å²) in [7, 11) is 0. The SMILES string of the molecule is Nc1cc(Cc2cccc3cccnc23)ccn1. The van der Waals surface area contributed by atoms with Crippen molar-refractivity contribution in [3.8, 4) is 0 Å². The zero-order chi connectivity index (χ0) is 12.4. The Balaban J connectivity index is 2.05. The van der Waals surface area contributed by atoms with Gasteiger partial charge in [-0.25, -0.2) is 4.98 Å². The predicted octanol–water partition coefficient (Wildman–Crippen LogP) is 2.80. The van der Waals surface area contributed by atoms with Gasteiger partial charge in [0.2, 0.25) is 0 Å². The Hall–Kier alpha value is -2.42. The maximum Gasteiger partial charge on any atom is 0.123 e. The lowest BCUT2D eigenvalue weighted by molar-refractivity contribution is 1.17. The normalized spacial score (nSPS) is 10.7. The number of benzene rings is 1. The van der Waals surface area contributed by atoms with Crippen LogP contribution in [0.1, 0.15) is 11.1 Å². The molecule has 2 aromatic heterocycles. The van der Waals surface area contributed by atoms with E-state index in [2.05, 4.69) is 34.2 Å². The van der Waals surface area contributed by atoms with Gasteiger partial charge < -0.3 is 5.73 Å². The Morgan fingerprint density at radius 1 is 0.944 bits per heavy atom. The van der Waals surface area contributed by atoms with Gasteiger partial charge in [-0.3, -0.25) is 4.98 Å². The molecule has 3 aromatic rings. The molecule has 88 valence electrons. The number of fused-ring (bicyclic) bond motifs is 1. The second kappa shape index (κ2) is 4.45. The monoisotopic (exact) mass is 235 g/mol. The summed E-state index contributed by atoms with van der Waals surface area (Å²) in [5.74, 6) is 0.556. The van der Waals surface area contributed by atoms with Gasteiger partial charge in [0.15, 0.2) is 0 Å². The van der Waals surface area contributed by atoms with Crippen molar-refractivity contribution in [1.29, 1.82) is 0 Å². The molecule has 3 heteroatoms. The van der Waals surface area contributed by atoms with Crippen LogP contribution in [0.3, 0.4) is 0 Å². The Bertz CT molecular complexity index is 687. The van der Waals surface area contributed by atoms with E-state index in [9.17, 15) is 0 Å². The summed E-state index contributed by atoms with van der Waals surface area (Å²) in [5, 5.41) is 1.16. The summed E-state index contributed by atoms with van der Waals surface area (Å²) < 4.78 is 0. The smallest absolute Gasteiger partial charge is 0.123 e. The van der Waals surface area contributed by atoms with Crippen molar-refractivity contribution >= 4 is 16.7 Å². The molecule has 3 nitrogen and oxygen atoms in total. The fourth-order valence-corrected chi connectivity index (χ4v) is 2.13. The van der Waals surface area contributed by atoms with E-state index in [1.807, 2.05) is 24.4 Å². The lowest BCUT2D eigenvalue weighted by Gasteiger charge is -2.06. The Morgan fingerprint density at radius 3 is 2.72 bits per heavy atom. The van der Waals surface area contributed by atoms with Crippen molar-refractivity contribution in [3.63, 3.8) is 0 Å². The van der Waals surface area contributed by atoms with Crippen molar-refractivity contribution < 1.29 is 0 Å². The standard InChI is InChI=1S/C15H13N3/c16-14-10-11(6-8-17-14)9-13-4-1-3-12-5-2-7-18-15(12)13/h1-8,10H,9H2,(H2,16,17). The number of hydrogen-bond acceptors (Lipinski definition) is 3. The van der Waals surface area contributed by atoms with Gasteiger partial charge in [-0.1, -0.05) is 24.3 Å². The minimum atomic E-state index is 0.556. The third-order valence-corrected chi connectivity index (χ3v) is 2.96. The van der Waals surface area contributed by atoms with Crippen LogP contribution in [-0.4, -0.2) is 9.97 Å². The Labute approximate surface area is 105 Å². The van der Waals surface area contributed by atoms with Crippen molar-refractivity contribution in [2.24, 2.45) is 0 Å². The average molecular weight is 235 g/mol. The predicted molar refractivity (Wildman–Crippen MR) is 73.2 cm³/mol. The molecule has 0 aliphatic rings. The van der Waals surface area contributed by atoms with Gasteiger partial charge in [-0.05, 0) is 35.7 Å². The van der Waals surface area contributed by atoms with Crippen molar-refractivity contribution in [2.45, 2.75) is 6.42 Å². The van der Waals surface area contributed by atoms with Crippen LogP contribution in [0.5, 0.6) is 0 Å². The van der Waals surface area contributed by atoms with Crippen molar-refractivity contribution in [2.75, 3.05) is 5.73 Å². The van der Waals surface area contributed by atoms with Crippen molar-refractivity contribution in [3.05, 3.63) is 66.0 Å². The first-order valence-corrected chi connectivity index (χ1v) is 5.86. The zero-order valence-corrected chi connectivity index (χ0v) is 9.88. The summed E-state index contributed by atoms with van der Waals surface area (Å²) in [6, 6.07) is 14.2. The lowest BCUT2D eigenvalue weighted by atomic mass is 10.0. The molecule has 0 bridgehead atoms. The molecular weight excluding hydrogens is 222 g/mol. The van der Waals surface area contributed by atoms with Crippen LogP contribution < -0.4 is 5.73 Å². The molecule has 0 saturated heterocycles. The number of nitrogens with zero attached hydrogens (tertiary/aromatic N) is 2. The largest absolute Gasteiger partial charge is 0.384 e. The Morgan fingerprint density at radius 2 is 1.83 bits per heavy atom. The molecule has 0 aliphatic carbocycles. The molecule has 0 fully saturated rings. The number of para-hydroxylation sites is 1. The maximum absolute atomic E-state index is 5.70. The molecule has 0 radical (unpaired) electrons. The minimum Gasteiger partial charge on any atom is -0.384 e. The van der Waals surface area contributed by atoms with Gasteiger partial charge in [0.25, 0.3) is 0 Å². The van der Waals surface area contributed by atoms with E-state index in [1.165, 1.54) is 5.56 Å². The average Bonchev–Trinajstić information content (AvgIpc) is 2.39. The molecule has 2 heterocycles. The number of rotatable bonds is 2. The van der Waals surface area contributed by atoms with Crippen molar-refractivity contribution in [1.82, 2.24) is 9.97 Å². The Kier molecular flexibility index (Phi) is 2.65. The second-order valence-corrected chi connectivity index (χ2v) is 4.26. The summed E-state index contributed by atoms with van der Waals surface area (Å²) in [5.41, 5.74) is 9.11. The van der Waals surface area contributed by atoms with Crippen LogP contribution in [0.25, 0.3) is 10.9 Å². The quantitative estimate of drug-likeness (QED) is 0.743. The van der Waals surface area contributed by atoms with E-state index in [4.69, 9.17) is 5.73 Å². The molecule has 18 heavy (non-hydrogen) atoms. The van der Waals surface area contributed by atoms with Crippen LogP contribution in [0.4, 0.5) is 5.82 Å². The maximum atomic E-state index is 5.70. The molecule has 0 aliphatic heterocycles. The first-order chi connectivity index (χ1) is 8.83. The molecular formula is C15H13N3. The topological polar surface area (TPSA) is 51.8 Å². The number of aromatic nitrogens is 2. The molecule has 0 saturated carbocycles. The summed E-state index contributed by atoms with van der Waals surface area (Å²) in [4.78, 5) is 8.46. The third kappa shape index (κ3) is 2.02. The molecule has 0 atom stereocenters. The van der Waals surface area contributed by atoms with E-state index in [-0.39, 0.29) is 0 Å². The van der Waals surface area contributed by atoms with Gasteiger partial charge in [0.1, 0.15) is 5.82 Å². The van der Waals surface area contributed by atoms with E-state index >= 15 is 0 Å². The van der Waals surface area contributed by atoms with E-state index in [1.54, 1.807) is 6.20 Å². The summed E-state index contributed by atoms with van der Waals surface area (Å²) in [6.07, 6.45) is 4.39.